The van der Waals surface area contributed by atoms with E-state index >= 15 is 0 Å². The van der Waals surface area contributed by atoms with E-state index in [-0.39, 0.29) is 17.5 Å². The maximum Gasteiger partial charge on any atom is 0.178 e. The van der Waals surface area contributed by atoms with Gasteiger partial charge in [0.2, 0.25) is 0 Å². The molecule has 0 unspecified atom stereocenters. The van der Waals surface area contributed by atoms with E-state index in [1.165, 1.54) is 11.1 Å². The molecule has 0 bridgehead atoms. The van der Waals surface area contributed by atoms with Crippen LogP contribution in [0.3, 0.4) is 0 Å². The Morgan fingerprint density at radius 1 is 0.958 bits per heavy atom. The molecule has 0 fully saturated rings. The molecule has 0 spiro atoms. The number of hydrogen-bond acceptors (Lipinski definition) is 2. The summed E-state index contributed by atoms with van der Waals surface area (Å²) in [6.45, 7) is 4.18. The van der Waals surface area contributed by atoms with Gasteiger partial charge in [-0.3, -0.25) is 9.59 Å². The lowest BCUT2D eigenvalue weighted by molar-refractivity contribution is 0.0629. The van der Waals surface area contributed by atoms with Crippen LogP contribution in [0.5, 0.6) is 0 Å². The Hall–Kier alpha value is -2.48. The van der Waals surface area contributed by atoms with Gasteiger partial charge in [-0.1, -0.05) is 65.7 Å². The van der Waals surface area contributed by atoms with Gasteiger partial charge in [0.1, 0.15) is 5.41 Å². The van der Waals surface area contributed by atoms with Gasteiger partial charge >= 0.3 is 0 Å². The molecule has 0 heterocycles. The first-order valence-corrected chi connectivity index (χ1v) is 8.44. The predicted octanol–water partition coefficient (Wildman–Crippen LogP) is 4.97. The minimum absolute atomic E-state index is 0.00352. The molecule has 120 valence electrons. The standard InChI is InChI=1S/C22H20O2/c1-14-12-19-17-10-6-7-11-18(17)21(24)22(19,13-15(14)2)20(23)16-8-4-3-5-9-16/h3-11,19H,12-13H2,1-2H3/t19-,22-/m0/s1. The molecule has 2 nitrogen and oxygen atoms in total. The fraction of sp³-hybridized carbons (Fsp3) is 0.273. The maximum absolute atomic E-state index is 13.5. The molecule has 0 aromatic heterocycles. The summed E-state index contributed by atoms with van der Waals surface area (Å²) in [7, 11) is 0. The summed E-state index contributed by atoms with van der Waals surface area (Å²) in [5.41, 5.74) is 3.93. The number of fused-ring (bicyclic) bond motifs is 3. The summed E-state index contributed by atoms with van der Waals surface area (Å²) in [6, 6.07) is 17.0. The van der Waals surface area contributed by atoms with E-state index < -0.39 is 5.41 Å². The number of hydrogen-bond donors (Lipinski definition) is 0. The monoisotopic (exact) mass is 316 g/mol. The molecule has 0 N–H and O–H groups in total. The first-order chi connectivity index (χ1) is 11.6. The molecule has 2 heteroatoms. The molecule has 2 aliphatic rings. The van der Waals surface area contributed by atoms with E-state index in [0.717, 1.165) is 17.5 Å². The summed E-state index contributed by atoms with van der Waals surface area (Å²) in [5, 5.41) is 0. The SMILES string of the molecule is CC1=C(C)C[C@]2(C(=O)c3ccccc3)C(=O)c3ccccc3[C@@H]2C1. The molecule has 0 radical (unpaired) electrons. The topological polar surface area (TPSA) is 34.1 Å². The van der Waals surface area contributed by atoms with Gasteiger partial charge in [0.15, 0.2) is 11.6 Å². The zero-order valence-electron chi connectivity index (χ0n) is 14.0. The number of carbonyl (C=O) groups is 2. The number of allylic oxidation sites excluding steroid dienone is 2. The molecule has 2 aliphatic carbocycles. The smallest absolute Gasteiger partial charge is 0.178 e. The van der Waals surface area contributed by atoms with Crippen molar-refractivity contribution in [2.24, 2.45) is 5.41 Å². The molecular weight excluding hydrogens is 296 g/mol. The number of benzene rings is 2. The van der Waals surface area contributed by atoms with E-state index in [2.05, 4.69) is 13.8 Å². The maximum atomic E-state index is 13.5. The minimum atomic E-state index is -0.964. The van der Waals surface area contributed by atoms with Gasteiger partial charge in [0.25, 0.3) is 0 Å². The lowest BCUT2D eigenvalue weighted by Crippen LogP contribution is -2.42. The lowest BCUT2D eigenvalue weighted by Gasteiger charge is -2.38. The molecule has 24 heavy (non-hydrogen) atoms. The van der Waals surface area contributed by atoms with Crippen molar-refractivity contribution in [2.75, 3.05) is 0 Å². The summed E-state index contributed by atoms with van der Waals surface area (Å²) in [6.07, 6.45) is 1.32. The van der Waals surface area contributed by atoms with Gasteiger partial charge < -0.3 is 0 Å². The van der Waals surface area contributed by atoms with Crippen molar-refractivity contribution < 1.29 is 9.59 Å². The van der Waals surface area contributed by atoms with Crippen molar-refractivity contribution in [1.82, 2.24) is 0 Å². The third-order valence-electron chi connectivity index (χ3n) is 5.80. The Kier molecular flexibility index (Phi) is 3.31. The molecule has 0 saturated carbocycles. The highest BCUT2D eigenvalue weighted by Gasteiger charge is 2.59. The molecule has 2 atom stereocenters. The van der Waals surface area contributed by atoms with Crippen molar-refractivity contribution in [3.05, 3.63) is 82.4 Å². The second-order valence-corrected chi connectivity index (χ2v) is 7.08. The molecular formula is C22H20O2. The van der Waals surface area contributed by atoms with Crippen LogP contribution in [0, 0.1) is 5.41 Å². The molecule has 2 aromatic rings. The number of carbonyl (C=O) groups excluding carboxylic acids is 2. The highest BCUT2D eigenvalue weighted by atomic mass is 16.2. The molecule has 2 aromatic carbocycles. The Bertz CT molecular complexity index is 876. The van der Waals surface area contributed by atoms with Crippen LogP contribution in [-0.4, -0.2) is 11.6 Å². The van der Waals surface area contributed by atoms with Crippen LogP contribution in [0.1, 0.15) is 58.9 Å². The normalized spacial score (nSPS) is 25.4. The largest absolute Gasteiger partial charge is 0.293 e. The van der Waals surface area contributed by atoms with Gasteiger partial charge in [-0.25, -0.2) is 0 Å². The molecule has 0 aliphatic heterocycles. The molecule has 0 amide bonds. The van der Waals surface area contributed by atoms with E-state index in [0.29, 0.717) is 12.0 Å². The Balaban J connectivity index is 1.94. The summed E-state index contributed by atoms with van der Waals surface area (Å²) < 4.78 is 0. The number of ketones is 2. The van der Waals surface area contributed by atoms with Crippen LogP contribution in [0.15, 0.2) is 65.7 Å². The van der Waals surface area contributed by atoms with Gasteiger partial charge in [-0.2, -0.15) is 0 Å². The number of rotatable bonds is 2. The second-order valence-electron chi connectivity index (χ2n) is 7.08. The first kappa shape index (κ1) is 15.1. The van der Waals surface area contributed by atoms with Crippen LogP contribution < -0.4 is 0 Å². The Morgan fingerprint density at radius 3 is 2.38 bits per heavy atom. The van der Waals surface area contributed by atoms with E-state index in [9.17, 15) is 9.59 Å². The zero-order chi connectivity index (χ0) is 16.9. The highest BCUT2D eigenvalue weighted by Crippen LogP contribution is 2.57. The lowest BCUT2D eigenvalue weighted by atomic mass is 9.61. The molecule has 0 saturated heterocycles. The highest BCUT2D eigenvalue weighted by molar-refractivity contribution is 6.23. The quantitative estimate of drug-likeness (QED) is 0.445. The fourth-order valence-corrected chi connectivity index (χ4v) is 4.40. The van der Waals surface area contributed by atoms with Gasteiger partial charge in [-0.15, -0.1) is 0 Å². The molecule has 4 rings (SSSR count). The number of Topliss-reactive ketones (excluding diaryl/α,β-unsaturated/α-hetero) is 2. The summed E-state index contributed by atoms with van der Waals surface area (Å²) >= 11 is 0. The van der Waals surface area contributed by atoms with Crippen LogP contribution in [-0.2, 0) is 0 Å². The minimum Gasteiger partial charge on any atom is -0.293 e. The van der Waals surface area contributed by atoms with E-state index in [1.54, 1.807) is 0 Å². The van der Waals surface area contributed by atoms with Crippen molar-refractivity contribution in [3.8, 4) is 0 Å². The van der Waals surface area contributed by atoms with Crippen molar-refractivity contribution >= 4 is 11.6 Å². The van der Waals surface area contributed by atoms with Gasteiger partial charge in [0, 0.05) is 17.0 Å². The third-order valence-corrected chi connectivity index (χ3v) is 5.80. The van der Waals surface area contributed by atoms with Crippen LogP contribution in [0.2, 0.25) is 0 Å². The second kappa shape index (κ2) is 5.27. The van der Waals surface area contributed by atoms with Crippen LogP contribution in [0.4, 0.5) is 0 Å². The van der Waals surface area contributed by atoms with E-state index in [4.69, 9.17) is 0 Å². The van der Waals surface area contributed by atoms with Gasteiger partial charge in [0.05, 0.1) is 0 Å². The van der Waals surface area contributed by atoms with Crippen molar-refractivity contribution in [2.45, 2.75) is 32.6 Å². The Morgan fingerprint density at radius 2 is 1.62 bits per heavy atom. The summed E-state index contributed by atoms with van der Waals surface area (Å²) in [5.74, 6) is -0.0671. The third kappa shape index (κ3) is 1.89. The summed E-state index contributed by atoms with van der Waals surface area (Å²) in [4.78, 5) is 26.9. The predicted molar refractivity (Wildman–Crippen MR) is 94.3 cm³/mol. The van der Waals surface area contributed by atoms with Crippen LogP contribution >= 0.6 is 0 Å². The van der Waals surface area contributed by atoms with Crippen molar-refractivity contribution in [3.63, 3.8) is 0 Å². The van der Waals surface area contributed by atoms with E-state index in [1.807, 2.05) is 54.6 Å². The average molecular weight is 316 g/mol. The van der Waals surface area contributed by atoms with Gasteiger partial charge in [-0.05, 0) is 32.3 Å². The van der Waals surface area contributed by atoms with Crippen molar-refractivity contribution in [1.29, 1.82) is 0 Å². The average Bonchev–Trinajstić information content (AvgIpc) is 2.86. The van der Waals surface area contributed by atoms with Crippen LogP contribution in [0.25, 0.3) is 0 Å². The fourth-order valence-electron chi connectivity index (χ4n) is 4.40. The Labute approximate surface area is 142 Å². The first-order valence-electron chi connectivity index (χ1n) is 8.44. The zero-order valence-corrected chi connectivity index (χ0v) is 14.0.